The van der Waals surface area contributed by atoms with E-state index in [1.54, 1.807) is 0 Å². The first kappa shape index (κ1) is 15.1. The van der Waals surface area contributed by atoms with Crippen LogP contribution >= 0.6 is 0 Å². The minimum Gasteiger partial charge on any atom is -0.490 e. The van der Waals surface area contributed by atoms with Crippen molar-refractivity contribution >= 4 is 5.82 Å². The number of aromatic nitrogens is 1. The second-order valence-corrected chi connectivity index (χ2v) is 5.41. The molecule has 1 aliphatic heterocycles. The predicted molar refractivity (Wildman–Crippen MR) is 83.6 cm³/mol. The Morgan fingerprint density at radius 3 is 3.00 bits per heavy atom. The van der Waals surface area contributed by atoms with Gasteiger partial charge in [-0.2, -0.15) is 0 Å². The van der Waals surface area contributed by atoms with Gasteiger partial charge in [-0.15, -0.1) is 0 Å². The third kappa shape index (κ3) is 4.10. The Bertz CT molecular complexity index is 391. The molecule has 0 radical (unpaired) electrons. The van der Waals surface area contributed by atoms with E-state index in [0.29, 0.717) is 6.04 Å². The lowest BCUT2D eigenvalue weighted by Gasteiger charge is -2.28. The summed E-state index contributed by atoms with van der Waals surface area (Å²) >= 11 is 0. The van der Waals surface area contributed by atoms with Crippen LogP contribution in [0.25, 0.3) is 0 Å². The first-order valence-electron chi connectivity index (χ1n) is 7.91. The van der Waals surface area contributed by atoms with Gasteiger partial charge in [-0.3, -0.25) is 0 Å². The summed E-state index contributed by atoms with van der Waals surface area (Å²) in [6, 6.07) is 4.57. The van der Waals surface area contributed by atoms with E-state index in [9.17, 15) is 0 Å². The molecule has 0 amide bonds. The van der Waals surface area contributed by atoms with Crippen LogP contribution in [0.5, 0.6) is 5.75 Å². The largest absolute Gasteiger partial charge is 0.490 e. The molecule has 1 fully saturated rings. The van der Waals surface area contributed by atoms with Crippen molar-refractivity contribution in [1.82, 2.24) is 10.3 Å². The van der Waals surface area contributed by atoms with Gasteiger partial charge in [0.05, 0.1) is 6.61 Å². The highest BCUT2D eigenvalue weighted by molar-refractivity contribution is 5.52. The molecule has 1 aliphatic rings. The highest BCUT2D eigenvalue weighted by atomic mass is 16.5. The van der Waals surface area contributed by atoms with Crippen molar-refractivity contribution in [3.8, 4) is 5.75 Å². The highest BCUT2D eigenvalue weighted by Gasteiger charge is 2.20. The van der Waals surface area contributed by atoms with Gasteiger partial charge in [-0.1, -0.05) is 13.8 Å². The van der Waals surface area contributed by atoms with Crippen LogP contribution in [-0.2, 0) is 0 Å². The molecule has 2 heterocycles. The van der Waals surface area contributed by atoms with E-state index in [4.69, 9.17) is 4.74 Å². The van der Waals surface area contributed by atoms with Crippen LogP contribution in [0.3, 0.4) is 0 Å². The van der Waals surface area contributed by atoms with Crippen molar-refractivity contribution in [2.45, 2.75) is 45.6 Å². The number of hydrogen-bond donors (Lipinski definition) is 1. The van der Waals surface area contributed by atoms with Crippen LogP contribution in [0.1, 0.15) is 39.5 Å². The SMILES string of the molecule is CCCOc1cccnc1N(CCC)CC1CCCN1. The molecular weight excluding hydrogens is 250 g/mol. The maximum absolute atomic E-state index is 5.85. The summed E-state index contributed by atoms with van der Waals surface area (Å²) in [6.45, 7) is 8.28. The zero-order chi connectivity index (χ0) is 14.2. The van der Waals surface area contributed by atoms with E-state index < -0.39 is 0 Å². The molecule has 1 aromatic rings. The summed E-state index contributed by atoms with van der Waals surface area (Å²) in [4.78, 5) is 6.93. The average Bonchev–Trinajstić information content (AvgIpc) is 2.98. The zero-order valence-corrected chi connectivity index (χ0v) is 12.8. The molecule has 0 aromatic carbocycles. The molecule has 4 heteroatoms. The normalized spacial score (nSPS) is 18.2. The summed E-state index contributed by atoms with van der Waals surface area (Å²) in [5.41, 5.74) is 0. The Balaban J connectivity index is 2.10. The summed E-state index contributed by atoms with van der Waals surface area (Å²) in [5, 5.41) is 3.57. The van der Waals surface area contributed by atoms with Crippen LogP contribution in [0.2, 0.25) is 0 Å². The van der Waals surface area contributed by atoms with Crippen molar-refractivity contribution in [1.29, 1.82) is 0 Å². The van der Waals surface area contributed by atoms with Crippen LogP contribution in [-0.4, -0.2) is 37.3 Å². The fourth-order valence-electron chi connectivity index (χ4n) is 2.68. The number of rotatable bonds is 8. The number of ether oxygens (including phenoxy) is 1. The molecule has 112 valence electrons. The van der Waals surface area contributed by atoms with Crippen molar-refractivity contribution in [3.63, 3.8) is 0 Å². The van der Waals surface area contributed by atoms with Gasteiger partial charge in [0.1, 0.15) is 0 Å². The van der Waals surface area contributed by atoms with Crippen LogP contribution in [0.15, 0.2) is 18.3 Å². The zero-order valence-electron chi connectivity index (χ0n) is 12.8. The maximum Gasteiger partial charge on any atom is 0.171 e. The lowest BCUT2D eigenvalue weighted by atomic mass is 10.2. The van der Waals surface area contributed by atoms with Crippen LogP contribution in [0.4, 0.5) is 5.82 Å². The highest BCUT2D eigenvalue weighted by Crippen LogP contribution is 2.26. The van der Waals surface area contributed by atoms with Gasteiger partial charge < -0.3 is 15.0 Å². The van der Waals surface area contributed by atoms with E-state index in [-0.39, 0.29) is 0 Å². The average molecular weight is 277 g/mol. The van der Waals surface area contributed by atoms with Gasteiger partial charge in [-0.25, -0.2) is 4.98 Å². The van der Waals surface area contributed by atoms with Crippen LogP contribution in [0, 0.1) is 0 Å². The van der Waals surface area contributed by atoms with Crippen molar-refractivity contribution in [2.24, 2.45) is 0 Å². The lowest BCUT2D eigenvalue weighted by Crippen LogP contribution is -2.38. The first-order chi connectivity index (χ1) is 9.85. The van der Waals surface area contributed by atoms with Gasteiger partial charge in [0.15, 0.2) is 11.6 Å². The van der Waals surface area contributed by atoms with Gasteiger partial charge in [0.25, 0.3) is 0 Å². The Morgan fingerprint density at radius 2 is 2.30 bits per heavy atom. The molecule has 20 heavy (non-hydrogen) atoms. The molecule has 1 unspecified atom stereocenters. The Hall–Kier alpha value is -1.29. The molecule has 1 aromatic heterocycles. The standard InChI is InChI=1S/C16H27N3O/c1-3-11-19(13-14-7-5-9-17-14)16-15(20-12-4-2)8-6-10-18-16/h6,8,10,14,17H,3-5,7,9,11-13H2,1-2H3. The summed E-state index contributed by atoms with van der Waals surface area (Å²) in [7, 11) is 0. The minimum absolute atomic E-state index is 0.586. The number of anilines is 1. The predicted octanol–water partition coefficient (Wildman–Crippen LogP) is 2.84. The Labute approximate surface area is 122 Å². The number of hydrogen-bond acceptors (Lipinski definition) is 4. The molecule has 1 N–H and O–H groups in total. The lowest BCUT2D eigenvalue weighted by molar-refractivity contribution is 0.316. The van der Waals surface area contributed by atoms with Gasteiger partial charge >= 0.3 is 0 Å². The van der Waals surface area contributed by atoms with Crippen LogP contribution < -0.4 is 15.0 Å². The molecule has 0 spiro atoms. The van der Waals surface area contributed by atoms with Crippen molar-refractivity contribution in [2.75, 3.05) is 31.1 Å². The minimum atomic E-state index is 0.586. The third-order valence-corrected chi connectivity index (χ3v) is 3.61. The van der Waals surface area contributed by atoms with Gasteiger partial charge in [0, 0.05) is 25.3 Å². The molecule has 2 rings (SSSR count). The van der Waals surface area contributed by atoms with E-state index in [1.165, 1.54) is 12.8 Å². The number of nitrogens with zero attached hydrogens (tertiary/aromatic N) is 2. The maximum atomic E-state index is 5.85. The smallest absolute Gasteiger partial charge is 0.171 e. The van der Waals surface area contributed by atoms with E-state index in [0.717, 1.165) is 50.7 Å². The van der Waals surface area contributed by atoms with Gasteiger partial charge in [-0.05, 0) is 44.4 Å². The van der Waals surface area contributed by atoms with E-state index in [1.807, 2.05) is 18.3 Å². The van der Waals surface area contributed by atoms with Crippen molar-refractivity contribution in [3.05, 3.63) is 18.3 Å². The molecule has 1 saturated heterocycles. The fourth-order valence-corrected chi connectivity index (χ4v) is 2.68. The number of pyridine rings is 1. The van der Waals surface area contributed by atoms with E-state index >= 15 is 0 Å². The summed E-state index contributed by atoms with van der Waals surface area (Å²) in [5.74, 6) is 1.91. The monoisotopic (exact) mass is 277 g/mol. The second kappa shape index (κ2) is 8.10. The van der Waals surface area contributed by atoms with E-state index in [2.05, 4.69) is 29.0 Å². The topological polar surface area (TPSA) is 37.4 Å². The molecule has 0 bridgehead atoms. The molecular formula is C16H27N3O. The second-order valence-electron chi connectivity index (χ2n) is 5.41. The van der Waals surface area contributed by atoms with Gasteiger partial charge in [0.2, 0.25) is 0 Å². The van der Waals surface area contributed by atoms with Crippen molar-refractivity contribution < 1.29 is 4.74 Å². The first-order valence-corrected chi connectivity index (χ1v) is 7.91. The Morgan fingerprint density at radius 1 is 1.40 bits per heavy atom. The molecule has 4 nitrogen and oxygen atoms in total. The Kier molecular flexibility index (Phi) is 6.12. The fraction of sp³-hybridized carbons (Fsp3) is 0.688. The summed E-state index contributed by atoms with van der Waals surface area (Å²) in [6.07, 6.45) is 6.55. The molecule has 1 atom stereocenters. The quantitative estimate of drug-likeness (QED) is 0.793. The molecule has 0 aliphatic carbocycles. The molecule has 0 saturated carbocycles. The summed E-state index contributed by atoms with van der Waals surface area (Å²) < 4.78 is 5.85. The number of nitrogens with one attached hydrogen (secondary N) is 1. The third-order valence-electron chi connectivity index (χ3n) is 3.61.